The molecule has 2 aliphatic rings. The Kier molecular flexibility index (Phi) is 9.00. The molecule has 0 fully saturated rings. The molecule has 68 heavy (non-hydrogen) atoms. The predicted molar refractivity (Wildman–Crippen MR) is 296 cm³/mol. The molecule has 12 rings (SSSR count). The fraction of sp³-hybridized carbons (Fsp3) is 0.250. The van der Waals surface area contributed by atoms with Crippen molar-refractivity contribution in [1.82, 2.24) is 4.57 Å². The van der Waals surface area contributed by atoms with E-state index in [1.165, 1.54) is 116 Å². The monoisotopic (exact) mass is 884 g/mol. The van der Waals surface area contributed by atoms with Crippen LogP contribution in [0.15, 0.2) is 158 Å². The van der Waals surface area contributed by atoms with Gasteiger partial charge in [-0.1, -0.05) is 192 Å². The highest BCUT2D eigenvalue weighted by Crippen LogP contribution is 2.56. The van der Waals surface area contributed by atoms with Gasteiger partial charge in [-0.15, -0.1) is 0 Å². The van der Waals surface area contributed by atoms with E-state index in [0.29, 0.717) is 0 Å². The number of nitrogens with zero attached hydrogens (tertiary/aromatic N) is 3. The number of rotatable bonds is 3. The van der Waals surface area contributed by atoms with Crippen LogP contribution in [-0.4, -0.2) is 11.4 Å². The lowest BCUT2D eigenvalue weighted by molar-refractivity contribution is 0.590. The molecule has 3 heterocycles. The number of benzene rings is 9. The van der Waals surface area contributed by atoms with Crippen molar-refractivity contribution in [2.24, 2.45) is 0 Å². The highest BCUT2D eigenvalue weighted by atomic mass is 15.2. The highest BCUT2D eigenvalue weighted by molar-refractivity contribution is 6.94. The average Bonchev–Trinajstić information content (AvgIpc) is 3.65. The van der Waals surface area contributed by atoms with Gasteiger partial charge in [0.25, 0.3) is 0 Å². The Bertz CT molecular complexity index is 3640. The van der Waals surface area contributed by atoms with E-state index in [-0.39, 0.29) is 28.5 Å². The van der Waals surface area contributed by atoms with Crippen LogP contribution < -0.4 is 20.8 Å². The zero-order valence-electron chi connectivity index (χ0n) is 41.9. The minimum Gasteiger partial charge on any atom is -0.375 e. The smallest absolute Gasteiger partial charge is 0.351 e. The Morgan fingerprint density at radius 3 is 1.68 bits per heavy atom. The van der Waals surface area contributed by atoms with Gasteiger partial charge in [-0.25, -0.2) is 0 Å². The molecule has 0 aliphatic carbocycles. The van der Waals surface area contributed by atoms with Gasteiger partial charge in [0.15, 0.2) is 0 Å². The maximum Gasteiger partial charge on any atom is 0.351 e. The Hall–Kier alpha value is -6.78. The molecule has 0 bridgehead atoms. The average molecular weight is 884 g/mol. The summed E-state index contributed by atoms with van der Waals surface area (Å²) in [6.45, 7) is 27.9. The van der Waals surface area contributed by atoms with Crippen molar-refractivity contribution >= 4 is 89.6 Å². The predicted octanol–water partition coefficient (Wildman–Crippen LogP) is 16.4. The van der Waals surface area contributed by atoms with E-state index >= 15 is 0 Å². The lowest BCUT2D eigenvalue weighted by atomic mass is 9.44. The first-order chi connectivity index (χ1) is 32.3. The van der Waals surface area contributed by atoms with E-state index in [2.05, 4.69) is 255 Å². The molecule has 1 aromatic heterocycles. The number of hydrogen-bond acceptors (Lipinski definition) is 2. The van der Waals surface area contributed by atoms with E-state index < -0.39 is 0 Å². The molecular weight excluding hydrogens is 822 g/mol. The fourth-order valence-corrected chi connectivity index (χ4v) is 11.8. The second-order valence-corrected chi connectivity index (χ2v) is 23.9. The zero-order valence-corrected chi connectivity index (χ0v) is 41.9. The van der Waals surface area contributed by atoms with Crippen molar-refractivity contribution in [3.63, 3.8) is 0 Å². The molecule has 0 saturated carbocycles. The van der Waals surface area contributed by atoms with Crippen LogP contribution in [0.5, 0.6) is 0 Å². The van der Waals surface area contributed by atoms with Gasteiger partial charge in [-0.05, 0) is 125 Å². The van der Waals surface area contributed by atoms with Crippen LogP contribution in [0.1, 0.15) is 105 Å². The lowest BCUT2D eigenvalue weighted by Gasteiger charge is -2.47. The molecule has 0 atom stereocenters. The molecule has 0 amide bonds. The van der Waals surface area contributed by atoms with Gasteiger partial charge in [0.1, 0.15) is 0 Å². The summed E-state index contributed by atoms with van der Waals surface area (Å²) in [6, 6.07) is 61.1. The van der Waals surface area contributed by atoms with Gasteiger partial charge >= 0.3 is 6.85 Å². The van der Waals surface area contributed by atoms with Crippen molar-refractivity contribution in [2.75, 3.05) is 9.71 Å². The highest BCUT2D eigenvalue weighted by Gasteiger charge is 2.50. The molecule has 3 nitrogen and oxygen atoms in total. The summed E-state index contributed by atoms with van der Waals surface area (Å²) in [6.07, 6.45) is 0. The van der Waals surface area contributed by atoms with Crippen LogP contribution in [0.2, 0.25) is 0 Å². The van der Waals surface area contributed by atoms with E-state index in [1.807, 2.05) is 0 Å². The van der Waals surface area contributed by atoms with E-state index in [1.54, 1.807) is 0 Å². The van der Waals surface area contributed by atoms with E-state index in [0.717, 1.165) is 5.69 Å². The van der Waals surface area contributed by atoms with Crippen LogP contribution in [0.4, 0.5) is 28.4 Å². The first-order valence-electron chi connectivity index (χ1n) is 24.7. The summed E-state index contributed by atoms with van der Waals surface area (Å²) < 4.78 is 2.60. The Labute approximate surface area is 403 Å². The molecule has 0 N–H and O–H groups in total. The number of aromatic nitrogens is 1. The topological polar surface area (TPSA) is 11.4 Å². The molecule has 4 heteroatoms. The molecule has 0 radical (unpaired) electrons. The third-order valence-corrected chi connectivity index (χ3v) is 15.3. The van der Waals surface area contributed by atoms with Crippen molar-refractivity contribution in [3.8, 4) is 16.8 Å². The summed E-state index contributed by atoms with van der Waals surface area (Å²) in [5.74, 6) is 0. The van der Waals surface area contributed by atoms with Gasteiger partial charge in [0.05, 0.1) is 16.9 Å². The van der Waals surface area contributed by atoms with Crippen LogP contribution in [0, 0.1) is 0 Å². The number of fused-ring (bicyclic) bond motifs is 8. The maximum absolute atomic E-state index is 2.72. The van der Waals surface area contributed by atoms with Crippen LogP contribution >= 0.6 is 0 Å². The van der Waals surface area contributed by atoms with Crippen molar-refractivity contribution < 1.29 is 0 Å². The van der Waals surface area contributed by atoms with E-state index in [4.69, 9.17) is 0 Å². The van der Waals surface area contributed by atoms with Crippen LogP contribution in [0.3, 0.4) is 0 Å². The number of hydrogen-bond donors (Lipinski definition) is 0. The lowest BCUT2D eigenvalue weighted by Crippen LogP contribution is -2.63. The zero-order chi connectivity index (χ0) is 47.4. The summed E-state index contributed by atoms with van der Waals surface area (Å²) in [5.41, 5.74) is 18.9. The molecule has 0 saturated heterocycles. The van der Waals surface area contributed by atoms with Crippen molar-refractivity contribution in [1.29, 1.82) is 0 Å². The Morgan fingerprint density at radius 2 is 1.01 bits per heavy atom. The van der Waals surface area contributed by atoms with Crippen molar-refractivity contribution in [2.45, 2.75) is 105 Å². The molecule has 9 aromatic carbocycles. The quantitative estimate of drug-likeness (QED) is 0.129. The van der Waals surface area contributed by atoms with Gasteiger partial charge < -0.3 is 14.3 Å². The fourth-order valence-electron chi connectivity index (χ4n) is 11.8. The first kappa shape index (κ1) is 42.6. The molecule has 2 aliphatic heterocycles. The summed E-state index contributed by atoms with van der Waals surface area (Å²) in [7, 11) is 0. The molecule has 0 spiro atoms. The third kappa shape index (κ3) is 6.18. The molecule has 0 unspecified atom stereocenters. The second kappa shape index (κ2) is 14.4. The number of para-hydroxylation sites is 3. The van der Waals surface area contributed by atoms with Gasteiger partial charge in [0.2, 0.25) is 0 Å². The third-order valence-electron chi connectivity index (χ3n) is 15.3. The van der Waals surface area contributed by atoms with Crippen molar-refractivity contribution in [3.05, 3.63) is 180 Å². The largest absolute Gasteiger partial charge is 0.375 e. The maximum atomic E-state index is 2.72. The van der Waals surface area contributed by atoms with Crippen LogP contribution in [0.25, 0.3) is 60.0 Å². The molecular formula is C64H62BN3. The minimum absolute atomic E-state index is 0.0104. The second-order valence-electron chi connectivity index (χ2n) is 23.9. The molecule has 336 valence electrons. The number of anilines is 5. The SMILES string of the molecule is CC(C)(C)c1ccc(N2B3c4c(c5ccc6cc(C(C)(C)C)cc7ccc(c4N(c4ccccc4C(C)(C)C)c4c3n(-c3ccccc3)c3ccccc43)c5c67)-c3cc(C(C)(C)C)ccc32)cc1. The summed E-state index contributed by atoms with van der Waals surface area (Å²) >= 11 is 0. The van der Waals surface area contributed by atoms with Gasteiger partial charge in [0, 0.05) is 50.1 Å². The first-order valence-corrected chi connectivity index (χ1v) is 24.7. The molecule has 10 aromatic rings. The van der Waals surface area contributed by atoms with Gasteiger partial charge in [-0.3, -0.25) is 0 Å². The standard InChI is InChI=1S/C64H62BN3/c1-61(2,3)41-28-31-45(32-29-41)68-52-35-30-42(62(4,5)6)38-49(52)56-47-33-26-39-36-43(63(7,8)9)37-40-27-34-48(55(47)54(39)40)58-57(56)65(68)60-59(67(58)53-25-19-17-23-50(53)64(10,11)12)46-22-16-18-24-51(46)66(60)44-20-14-13-15-21-44/h13-38H,1-12H3. The van der Waals surface area contributed by atoms with Gasteiger partial charge in [-0.2, -0.15) is 0 Å². The van der Waals surface area contributed by atoms with E-state index in [9.17, 15) is 0 Å². The Morgan fingerprint density at radius 1 is 0.412 bits per heavy atom. The Balaban J connectivity index is 1.35. The normalized spacial score (nSPS) is 14.1. The van der Waals surface area contributed by atoms with Crippen LogP contribution in [-0.2, 0) is 21.7 Å². The summed E-state index contributed by atoms with van der Waals surface area (Å²) in [5, 5.41) is 9.13. The minimum atomic E-state index is -0.205. The summed E-state index contributed by atoms with van der Waals surface area (Å²) in [4.78, 5) is 5.43.